The van der Waals surface area contributed by atoms with Gasteiger partial charge in [0.2, 0.25) is 5.89 Å². The van der Waals surface area contributed by atoms with E-state index in [-0.39, 0.29) is 19.1 Å². The normalized spacial score (nSPS) is 12.3. The number of aliphatic hydroxyl groups excluding tert-OH is 1. The summed E-state index contributed by atoms with van der Waals surface area (Å²) in [5, 5.41) is 9.15. The van der Waals surface area contributed by atoms with Gasteiger partial charge >= 0.3 is 6.18 Å². The minimum Gasteiger partial charge on any atom is -0.487 e. The Bertz CT molecular complexity index is 1020. The zero-order chi connectivity index (χ0) is 21.7. The zero-order valence-corrected chi connectivity index (χ0v) is 16.7. The molecule has 0 aliphatic rings. The number of oxazole rings is 1. The van der Waals surface area contributed by atoms with E-state index in [2.05, 4.69) is 4.98 Å². The summed E-state index contributed by atoms with van der Waals surface area (Å²) in [5.74, 6) is 1.42. The molecule has 0 amide bonds. The second kappa shape index (κ2) is 9.17. The first-order valence-corrected chi connectivity index (χ1v) is 9.49. The maximum Gasteiger partial charge on any atom is 0.416 e. The highest BCUT2D eigenvalue weighted by atomic mass is 19.4. The number of halogens is 3. The summed E-state index contributed by atoms with van der Waals surface area (Å²) in [5.41, 5.74) is 2.29. The Morgan fingerprint density at radius 2 is 1.90 bits per heavy atom. The van der Waals surface area contributed by atoms with Crippen molar-refractivity contribution < 1.29 is 27.4 Å². The molecular weight excluding hydrogens is 395 g/mol. The van der Waals surface area contributed by atoms with E-state index < -0.39 is 11.7 Å². The molecule has 0 atom stereocenters. The van der Waals surface area contributed by atoms with Crippen molar-refractivity contribution in [3.63, 3.8) is 0 Å². The van der Waals surface area contributed by atoms with Gasteiger partial charge < -0.3 is 14.3 Å². The van der Waals surface area contributed by atoms with Crippen LogP contribution in [0.1, 0.15) is 35.9 Å². The second-order valence-corrected chi connectivity index (χ2v) is 6.68. The summed E-state index contributed by atoms with van der Waals surface area (Å²) >= 11 is 0. The van der Waals surface area contributed by atoms with E-state index in [0.717, 1.165) is 29.7 Å². The van der Waals surface area contributed by atoms with Gasteiger partial charge in [0.15, 0.2) is 0 Å². The molecular formula is C23H22F3NO3. The van der Waals surface area contributed by atoms with Crippen LogP contribution >= 0.6 is 0 Å². The molecule has 3 rings (SSSR count). The molecule has 0 bridgehead atoms. The predicted octanol–water partition coefficient (Wildman–Crippen LogP) is 6.03. The average Bonchev–Trinajstić information content (AvgIpc) is 3.10. The molecule has 0 spiro atoms. The van der Waals surface area contributed by atoms with E-state index in [1.807, 2.05) is 31.2 Å². The van der Waals surface area contributed by atoms with Crippen LogP contribution in [0.5, 0.6) is 5.75 Å². The Kier molecular flexibility index (Phi) is 6.62. The van der Waals surface area contributed by atoms with Crippen molar-refractivity contribution in [2.24, 2.45) is 0 Å². The lowest BCUT2D eigenvalue weighted by Crippen LogP contribution is -2.04. The van der Waals surface area contributed by atoms with Gasteiger partial charge in [-0.3, -0.25) is 0 Å². The SMILES string of the molecule is CC/C(=C/CO)c1cccc(OCc2nc(-c3ccc(C(F)(F)F)cc3)oc2C)c1. The van der Waals surface area contributed by atoms with Crippen molar-refractivity contribution in [1.29, 1.82) is 0 Å². The van der Waals surface area contributed by atoms with Crippen molar-refractivity contribution in [1.82, 2.24) is 4.98 Å². The van der Waals surface area contributed by atoms with Gasteiger partial charge in [-0.05, 0) is 60.9 Å². The number of nitrogens with zero attached hydrogens (tertiary/aromatic N) is 1. The van der Waals surface area contributed by atoms with Crippen LogP contribution in [-0.4, -0.2) is 16.7 Å². The van der Waals surface area contributed by atoms with Crippen molar-refractivity contribution in [3.8, 4) is 17.2 Å². The summed E-state index contributed by atoms with van der Waals surface area (Å²) in [6.45, 7) is 3.87. The van der Waals surface area contributed by atoms with Crippen molar-refractivity contribution >= 4 is 5.57 Å². The van der Waals surface area contributed by atoms with Gasteiger partial charge in [-0.1, -0.05) is 25.1 Å². The van der Waals surface area contributed by atoms with Crippen molar-refractivity contribution in [2.75, 3.05) is 6.61 Å². The number of aliphatic hydroxyl groups is 1. The Morgan fingerprint density at radius 3 is 2.53 bits per heavy atom. The molecule has 3 aromatic rings. The lowest BCUT2D eigenvalue weighted by Gasteiger charge is -2.09. The first kappa shape index (κ1) is 21.6. The number of ether oxygens (including phenoxy) is 1. The highest BCUT2D eigenvalue weighted by molar-refractivity contribution is 5.66. The summed E-state index contributed by atoms with van der Waals surface area (Å²) in [4.78, 5) is 4.37. The molecule has 0 aliphatic heterocycles. The fraction of sp³-hybridized carbons (Fsp3) is 0.261. The molecule has 0 aliphatic carbocycles. The summed E-state index contributed by atoms with van der Waals surface area (Å²) in [6.07, 6.45) is -1.84. The molecule has 0 radical (unpaired) electrons. The molecule has 4 nitrogen and oxygen atoms in total. The summed E-state index contributed by atoms with van der Waals surface area (Å²) in [7, 11) is 0. The lowest BCUT2D eigenvalue weighted by molar-refractivity contribution is -0.137. The van der Waals surface area contributed by atoms with E-state index in [0.29, 0.717) is 22.8 Å². The fourth-order valence-corrected chi connectivity index (χ4v) is 3.00. The maximum atomic E-state index is 12.7. The molecule has 1 aromatic heterocycles. The molecule has 30 heavy (non-hydrogen) atoms. The van der Waals surface area contributed by atoms with Gasteiger partial charge in [0.1, 0.15) is 23.8 Å². The van der Waals surface area contributed by atoms with E-state index >= 15 is 0 Å². The molecule has 0 fully saturated rings. The Morgan fingerprint density at radius 1 is 1.17 bits per heavy atom. The molecule has 0 saturated heterocycles. The zero-order valence-electron chi connectivity index (χ0n) is 16.7. The van der Waals surface area contributed by atoms with Gasteiger partial charge in [-0.15, -0.1) is 0 Å². The van der Waals surface area contributed by atoms with Crippen LogP contribution in [0, 0.1) is 6.92 Å². The third-order valence-corrected chi connectivity index (χ3v) is 4.65. The summed E-state index contributed by atoms with van der Waals surface area (Å²) < 4.78 is 49.6. The summed E-state index contributed by atoms with van der Waals surface area (Å²) in [6, 6.07) is 12.2. The first-order valence-electron chi connectivity index (χ1n) is 9.49. The lowest BCUT2D eigenvalue weighted by atomic mass is 10.0. The predicted molar refractivity (Wildman–Crippen MR) is 108 cm³/mol. The van der Waals surface area contributed by atoms with Crippen molar-refractivity contribution in [3.05, 3.63) is 77.2 Å². The van der Waals surface area contributed by atoms with Gasteiger partial charge in [0, 0.05) is 5.56 Å². The van der Waals surface area contributed by atoms with Gasteiger partial charge in [0.05, 0.1) is 12.2 Å². The number of allylic oxidation sites excluding steroid dienone is 1. The van der Waals surface area contributed by atoms with Crippen LogP contribution in [0.15, 0.2) is 59.0 Å². The van der Waals surface area contributed by atoms with E-state index in [4.69, 9.17) is 14.3 Å². The van der Waals surface area contributed by atoms with Crippen LogP contribution in [0.25, 0.3) is 17.0 Å². The number of hydrogen-bond acceptors (Lipinski definition) is 4. The number of rotatable bonds is 7. The fourth-order valence-electron chi connectivity index (χ4n) is 3.00. The maximum absolute atomic E-state index is 12.7. The third-order valence-electron chi connectivity index (χ3n) is 4.65. The minimum atomic E-state index is -4.39. The monoisotopic (exact) mass is 417 g/mol. The van der Waals surface area contributed by atoms with E-state index in [1.165, 1.54) is 12.1 Å². The molecule has 1 heterocycles. The van der Waals surface area contributed by atoms with Crippen LogP contribution < -0.4 is 4.74 Å². The number of benzene rings is 2. The number of aromatic nitrogens is 1. The van der Waals surface area contributed by atoms with E-state index in [1.54, 1.807) is 13.0 Å². The number of alkyl halides is 3. The van der Waals surface area contributed by atoms with Gasteiger partial charge in [-0.25, -0.2) is 4.98 Å². The molecule has 7 heteroatoms. The van der Waals surface area contributed by atoms with Gasteiger partial charge in [-0.2, -0.15) is 13.2 Å². The number of hydrogen-bond donors (Lipinski definition) is 1. The molecule has 2 aromatic carbocycles. The van der Waals surface area contributed by atoms with Crippen LogP contribution in [0.4, 0.5) is 13.2 Å². The smallest absolute Gasteiger partial charge is 0.416 e. The Hall–Kier alpha value is -3.06. The number of aryl methyl sites for hydroxylation is 1. The Balaban J connectivity index is 1.73. The highest BCUT2D eigenvalue weighted by Crippen LogP contribution is 2.31. The standard InChI is InChI=1S/C23H22F3NO3/c1-3-16(11-12-28)18-5-4-6-20(13-18)29-14-21-15(2)30-22(27-21)17-7-9-19(10-8-17)23(24,25)26/h4-11,13,28H,3,12,14H2,1-2H3/b16-11-. The highest BCUT2D eigenvalue weighted by Gasteiger charge is 2.30. The average molecular weight is 417 g/mol. The molecule has 0 saturated carbocycles. The van der Waals surface area contributed by atoms with Crippen LogP contribution in [-0.2, 0) is 12.8 Å². The molecule has 1 N–H and O–H groups in total. The molecule has 158 valence electrons. The third kappa shape index (κ3) is 5.10. The molecule has 0 unspecified atom stereocenters. The minimum absolute atomic E-state index is 0.0287. The van der Waals surface area contributed by atoms with Crippen LogP contribution in [0.3, 0.4) is 0 Å². The second-order valence-electron chi connectivity index (χ2n) is 6.68. The van der Waals surface area contributed by atoms with Gasteiger partial charge in [0.25, 0.3) is 0 Å². The van der Waals surface area contributed by atoms with E-state index in [9.17, 15) is 13.2 Å². The quantitative estimate of drug-likeness (QED) is 0.510. The van der Waals surface area contributed by atoms with Crippen molar-refractivity contribution in [2.45, 2.75) is 33.1 Å². The largest absolute Gasteiger partial charge is 0.487 e. The first-order chi connectivity index (χ1) is 14.3. The topological polar surface area (TPSA) is 55.5 Å². The van der Waals surface area contributed by atoms with Crippen LogP contribution in [0.2, 0.25) is 0 Å². The Labute approximate surface area is 172 Å².